The van der Waals surface area contributed by atoms with Crippen LogP contribution in [0, 0.1) is 0 Å². The lowest BCUT2D eigenvalue weighted by atomic mass is 10.2. The van der Waals surface area contributed by atoms with Crippen LogP contribution in [0.2, 0.25) is 10.3 Å². The Hall–Kier alpha value is -0.840. The van der Waals surface area contributed by atoms with Crippen molar-refractivity contribution in [2.24, 2.45) is 0 Å². The second-order valence-electron chi connectivity index (χ2n) is 4.38. The van der Waals surface area contributed by atoms with Crippen molar-refractivity contribution in [1.29, 1.82) is 0 Å². The Morgan fingerprint density at radius 2 is 1.72 bits per heavy atom. The molecule has 0 saturated carbocycles. The molecule has 1 heterocycles. The molecule has 1 aromatic heterocycles. The molecule has 0 spiro atoms. The summed E-state index contributed by atoms with van der Waals surface area (Å²) in [5, 5.41) is 0.458. The van der Waals surface area contributed by atoms with Crippen molar-refractivity contribution >= 4 is 29.1 Å². The van der Waals surface area contributed by atoms with E-state index in [4.69, 9.17) is 23.2 Å². The first-order valence-corrected chi connectivity index (χ1v) is 6.39. The maximum atomic E-state index is 12.1. The van der Waals surface area contributed by atoms with E-state index in [1.807, 2.05) is 14.1 Å². The molecule has 0 radical (unpaired) electrons. The predicted octanol–water partition coefficient (Wildman–Crippen LogP) is 2.41. The lowest BCUT2D eigenvalue weighted by molar-refractivity contribution is 0.0790. The second-order valence-corrected chi connectivity index (χ2v) is 5.16. The van der Waals surface area contributed by atoms with E-state index in [2.05, 4.69) is 9.88 Å². The minimum absolute atomic E-state index is 0.0973. The summed E-state index contributed by atoms with van der Waals surface area (Å²) in [6, 6.07) is 3.05. The number of carbonyl (C=O) groups is 1. The summed E-state index contributed by atoms with van der Waals surface area (Å²) < 4.78 is 0. The number of hydrogen-bond acceptors (Lipinski definition) is 3. The fourth-order valence-electron chi connectivity index (χ4n) is 1.53. The summed E-state index contributed by atoms with van der Waals surface area (Å²) in [6.07, 6.45) is 0.918. The highest BCUT2D eigenvalue weighted by Crippen LogP contribution is 2.16. The first kappa shape index (κ1) is 15.2. The van der Waals surface area contributed by atoms with E-state index in [0.717, 1.165) is 13.0 Å². The van der Waals surface area contributed by atoms with Gasteiger partial charge in [-0.25, -0.2) is 4.98 Å². The van der Waals surface area contributed by atoms with E-state index in [1.54, 1.807) is 11.9 Å². The number of aromatic nitrogens is 1. The van der Waals surface area contributed by atoms with E-state index < -0.39 is 0 Å². The highest BCUT2D eigenvalue weighted by Gasteiger charge is 2.13. The SMILES string of the molecule is CN(C)CCCN(C)C(=O)c1cc(Cl)nc(Cl)c1. The molecule has 1 rings (SSSR count). The molecule has 0 N–H and O–H groups in total. The van der Waals surface area contributed by atoms with Crippen LogP contribution in [0.1, 0.15) is 16.8 Å². The predicted molar refractivity (Wildman–Crippen MR) is 74.4 cm³/mol. The van der Waals surface area contributed by atoms with E-state index in [1.165, 1.54) is 12.1 Å². The van der Waals surface area contributed by atoms with Crippen LogP contribution in [-0.4, -0.2) is 54.9 Å². The topological polar surface area (TPSA) is 36.4 Å². The van der Waals surface area contributed by atoms with Gasteiger partial charge in [0.1, 0.15) is 10.3 Å². The lowest BCUT2D eigenvalue weighted by Gasteiger charge is -2.18. The Labute approximate surface area is 117 Å². The molecule has 0 atom stereocenters. The van der Waals surface area contributed by atoms with E-state index >= 15 is 0 Å². The number of pyridine rings is 1. The van der Waals surface area contributed by atoms with Crippen LogP contribution in [-0.2, 0) is 0 Å². The Bertz CT molecular complexity index is 404. The van der Waals surface area contributed by atoms with Crippen molar-refractivity contribution in [2.45, 2.75) is 6.42 Å². The molecule has 0 bridgehead atoms. The van der Waals surface area contributed by atoms with E-state index in [-0.39, 0.29) is 16.2 Å². The smallest absolute Gasteiger partial charge is 0.253 e. The van der Waals surface area contributed by atoms with Crippen molar-refractivity contribution in [1.82, 2.24) is 14.8 Å². The van der Waals surface area contributed by atoms with Crippen LogP contribution in [0.5, 0.6) is 0 Å². The minimum Gasteiger partial charge on any atom is -0.342 e. The molecule has 0 aliphatic carbocycles. The minimum atomic E-state index is -0.0973. The van der Waals surface area contributed by atoms with Gasteiger partial charge in [0.2, 0.25) is 0 Å². The van der Waals surface area contributed by atoms with E-state index in [9.17, 15) is 4.79 Å². The molecule has 0 aliphatic heterocycles. The molecule has 0 aromatic carbocycles. The van der Waals surface area contributed by atoms with Crippen LogP contribution in [0.15, 0.2) is 12.1 Å². The van der Waals surface area contributed by atoms with Gasteiger partial charge in [-0.1, -0.05) is 23.2 Å². The first-order chi connectivity index (χ1) is 8.40. The Balaban J connectivity index is 2.62. The number of rotatable bonds is 5. The van der Waals surface area contributed by atoms with Gasteiger partial charge in [0.05, 0.1) is 0 Å². The molecule has 1 amide bonds. The van der Waals surface area contributed by atoms with Gasteiger partial charge >= 0.3 is 0 Å². The van der Waals surface area contributed by atoms with Gasteiger partial charge in [-0.2, -0.15) is 0 Å². The van der Waals surface area contributed by atoms with Crippen molar-refractivity contribution in [2.75, 3.05) is 34.2 Å². The zero-order valence-corrected chi connectivity index (χ0v) is 12.3. The third-order valence-corrected chi connectivity index (χ3v) is 2.84. The maximum absolute atomic E-state index is 12.1. The van der Waals surface area contributed by atoms with Gasteiger partial charge in [-0.05, 0) is 39.2 Å². The number of hydrogen-bond donors (Lipinski definition) is 0. The van der Waals surface area contributed by atoms with Crippen LogP contribution in [0.25, 0.3) is 0 Å². The summed E-state index contributed by atoms with van der Waals surface area (Å²) in [6.45, 7) is 1.63. The maximum Gasteiger partial charge on any atom is 0.253 e. The van der Waals surface area contributed by atoms with Crippen LogP contribution in [0.4, 0.5) is 0 Å². The molecular formula is C12H17Cl2N3O. The quantitative estimate of drug-likeness (QED) is 0.781. The third kappa shape index (κ3) is 4.80. The Kier molecular flexibility index (Phi) is 5.85. The molecule has 100 valence electrons. The summed E-state index contributed by atoms with van der Waals surface area (Å²) in [7, 11) is 5.77. The molecule has 0 saturated heterocycles. The zero-order valence-electron chi connectivity index (χ0n) is 10.8. The number of halogens is 2. The van der Waals surface area contributed by atoms with Crippen molar-refractivity contribution in [3.63, 3.8) is 0 Å². The molecule has 6 heteroatoms. The standard InChI is InChI=1S/C12H17Cl2N3O/c1-16(2)5-4-6-17(3)12(18)9-7-10(13)15-11(14)8-9/h7-8H,4-6H2,1-3H3. The third-order valence-electron chi connectivity index (χ3n) is 2.46. The average molecular weight is 290 g/mol. The second kappa shape index (κ2) is 6.92. The molecule has 1 aromatic rings. The van der Waals surface area contributed by atoms with Gasteiger partial charge < -0.3 is 9.80 Å². The van der Waals surface area contributed by atoms with Crippen molar-refractivity contribution in [3.05, 3.63) is 28.0 Å². The van der Waals surface area contributed by atoms with E-state index in [0.29, 0.717) is 12.1 Å². The summed E-state index contributed by atoms with van der Waals surface area (Å²) in [5.41, 5.74) is 0.465. The summed E-state index contributed by atoms with van der Waals surface area (Å²) in [4.78, 5) is 19.6. The highest BCUT2D eigenvalue weighted by atomic mass is 35.5. The van der Waals surface area contributed by atoms with Crippen LogP contribution >= 0.6 is 23.2 Å². The average Bonchev–Trinajstić information content (AvgIpc) is 2.26. The summed E-state index contributed by atoms with van der Waals surface area (Å²) >= 11 is 11.5. The van der Waals surface area contributed by atoms with Gasteiger partial charge in [0.25, 0.3) is 5.91 Å². The Morgan fingerprint density at radius 3 is 2.22 bits per heavy atom. The zero-order chi connectivity index (χ0) is 13.7. The Morgan fingerprint density at radius 1 is 1.17 bits per heavy atom. The van der Waals surface area contributed by atoms with Gasteiger partial charge in [0, 0.05) is 19.2 Å². The largest absolute Gasteiger partial charge is 0.342 e. The van der Waals surface area contributed by atoms with Gasteiger partial charge in [0.15, 0.2) is 0 Å². The van der Waals surface area contributed by atoms with Crippen molar-refractivity contribution < 1.29 is 4.79 Å². The molecule has 0 aliphatic rings. The fourth-order valence-corrected chi connectivity index (χ4v) is 1.99. The summed E-state index contributed by atoms with van der Waals surface area (Å²) in [5.74, 6) is -0.0973. The monoisotopic (exact) mass is 289 g/mol. The lowest BCUT2D eigenvalue weighted by Crippen LogP contribution is -2.29. The van der Waals surface area contributed by atoms with Crippen LogP contribution < -0.4 is 0 Å². The first-order valence-electron chi connectivity index (χ1n) is 5.63. The number of nitrogens with zero attached hydrogens (tertiary/aromatic N) is 3. The van der Waals surface area contributed by atoms with Gasteiger partial charge in [-0.15, -0.1) is 0 Å². The molecule has 0 fully saturated rings. The van der Waals surface area contributed by atoms with Crippen LogP contribution in [0.3, 0.4) is 0 Å². The number of amides is 1. The molecular weight excluding hydrogens is 273 g/mol. The fraction of sp³-hybridized carbons (Fsp3) is 0.500. The number of carbonyl (C=O) groups excluding carboxylic acids is 1. The van der Waals surface area contributed by atoms with Crippen molar-refractivity contribution in [3.8, 4) is 0 Å². The van der Waals surface area contributed by atoms with Gasteiger partial charge in [-0.3, -0.25) is 4.79 Å². The molecule has 0 unspecified atom stereocenters. The highest BCUT2D eigenvalue weighted by molar-refractivity contribution is 6.33. The molecule has 18 heavy (non-hydrogen) atoms. The molecule has 4 nitrogen and oxygen atoms in total. The normalized spacial score (nSPS) is 10.8.